The van der Waals surface area contributed by atoms with Crippen molar-refractivity contribution in [2.45, 2.75) is 26.3 Å². The van der Waals surface area contributed by atoms with Gasteiger partial charge in [-0.1, -0.05) is 6.92 Å². The highest BCUT2D eigenvalue weighted by Gasteiger charge is 2.12. The highest BCUT2D eigenvalue weighted by molar-refractivity contribution is 5.94. The minimum Gasteiger partial charge on any atom is -0.493 e. The quantitative estimate of drug-likeness (QED) is 0.841. The van der Waals surface area contributed by atoms with Crippen LogP contribution in [0.15, 0.2) is 18.2 Å². The molecule has 108 valence electrons. The van der Waals surface area contributed by atoms with Crippen molar-refractivity contribution in [2.24, 2.45) is 5.73 Å². The van der Waals surface area contributed by atoms with E-state index < -0.39 is 6.04 Å². The van der Waals surface area contributed by atoms with Crippen LogP contribution in [0.4, 0.5) is 5.69 Å². The number of hydrogen-bond donors (Lipinski definition) is 2. The van der Waals surface area contributed by atoms with E-state index in [1.165, 1.54) is 0 Å². The molecule has 0 saturated heterocycles. The zero-order valence-corrected chi connectivity index (χ0v) is 12.3. The molecular formula is C13H21ClN2O3. The second-order valence-electron chi connectivity index (χ2n) is 3.80. The van der Waals surface area contributed by atoms with Crippen molar-refractivity contribution in [1.29, 1.82) is 0 Å². The minimum absolute atomic E-state index is 0. The summed E-state index contributed by atoms with van der Waals surface area (Å²) in [5, 5.41) is 2.74. The van der Waals surface area contributed by atoms with Gasteiger partial charge in [0.25, 0.3) is 0 Å². The maximum Gasteiger partial charge on any atom is 0.241 e. The first-order valence-corrected chi connectivity index (χ1v) is 5.99. The van der Waals surface area contributed by atoms with Crippen LogP contribution in [0.2, 0.25) is 0 Å². The zero-order valence-electron chi connectivity index (χ0n) is 11.4. The maximum absolute atomic E-state index is 11.7. The molecule has 0 saturated carbocycles. The Kier molecular flexibility index (Phi) is 7.95. The van der Waals surface area contributed by atoms with Crippen LogP contribution in [0.5, 0.6) is 11.5 Å². The number of amides is 1. The molecule has 0 fully saturated rings. The predicted octanol–water partition coefficient (Wildman–Crippen LogP) is 2.19. The van der Waals surface area contributed by atoms with E-state index in [-0.39, 0.29) is 18.3 Å². The largest absolute Gasteiger partial charge is 0.493 e. The van der Waals surface area contributed by atoms with Gasteiger partial charge in [0.1, 0.15) is 0 Å². The van der Waals surface area contributed by atoms with Crippen LogP contribution in [0.1, 0.15) is 20.3 Å². The summed E-state index contributed by atoms with van der Waals surface area (Å²) in [6.45, 7) is 4.28. The number of carbonyl (C=O) groups is 1. The average Bonchev–Trinajstić information content (AvgIpc) is 2.38. The van der Waals surface area contributed by atoms with Gasteiger partial charge in [-0.2, -0.15) is 0 Å². The van der Waals surface area contributed by atoms with E-state index in [2.05, 4.69) is 5.32 Å². The Bertz CT molecular complexity index is 413. The molecule has 3 N–H and O–H groups in total. The monoisotopic (exact) mass is 288 g/mol. The third-order valence-corrected chi connectivity index (χ3v) is 2.51. The van der Waals surface area contributed by atoms with E-state index in [0.29, 0.717) is 30.2 Å². The number of rotatable bonds is 6. The standard InChI is InChI=1S/C13H20N2O3.ClH/c1-4-10(14)13(16)15-9-6-7-11(17-3)12(8-9)18-5-2;/h6-8,10H,4-5,14H2,1-3H3,(H,15,16);1H/t10-;/m0./s1. The van der Waals surface area contributed by atoms with Crippen molar-refractivity contribution < 1.29 is 14.3 Å². The molecule has 1 atom stereocenters. The SMILES string of the molecule is CCOc1cc(NC(=O)[C@@H](N)CC)ccc1OC.Cl. The molecule has 0 spiro atoms. The minimum atomic E-state index is -0.498. The highest BCUT2D eigenvalue weighted by atomic mass is 35.5. The lowest BCUT2D eigenvalue weighted by molar-refractivity contribution is -0.117. The zero-order chi connectivity index (χ0) is 13.5. The van der Waals surface area contributed by atoms with Crippen molar-refractivity contribution in [3.8, 4) is 11.5 Å². The first kappa shape index (κ1) is 17.5. The van der Waals surface area contributed by atoms with E-state index in [0.717, 1.165) is 0 Å². The molecule has 1 rings (SSSR count). The summed E-state index contributed by atoms with van der Waals surface area (Å²) in [6.07, 6.45) is 0.598. The van der Waals surface area contributed by atoms with E-state index in [9.17, 15) is 4.79 Å². The number of methoxy groups -OCH3 is 1. The molecule has 0 aliphatic rings. The van der Waals surface area contributed by atoms with Gasteiger partial charge in [-0.05, 0) is 25.5 Å². The number of nitrogens with one attached hydrogen (secondary N) is 1. The Labute approximate surface area is 119 Å². The van der Waals surface area contributed by atoms with Crippen molar-refractivity contribution in [3.63, 3.8) is 0 Å². The van der Waals surface area contributed by atoms with Gasteiger partial charge in [0.2, 0.25) is 5.91 Å². The molecular weight excluding hydrogens is 268 g/mol. The lowest BCUT2D eigenvalue weighted by Gasteiger charge is -2.13. The maximum atomic E-state index is 11.7. The summed E-state index contributed by atoms with van der Waals surface area (Å²) in [4.78, 5) is 11.7. The van der Waals surface area contributed by atoms with E-state index >= 15 is 0 Å². The van der Waals surface area contributed by atoms with E-state index in [1.807, 2.05) is 13.8 Å². The number of halogens is 1. The molecule has 0 unspecified atom stereocenters. The average molecular weight is 289 g/mol. The topological polar surface area (TPSA) is 73.6 Å². The number of ether oxygens (including phenoxy) is 2. The number of carbonyl (C=O) groups excluding carboxylic acids is 1. The number of hydrogen-bond acceptors (Lipinski definition) is 4. The van der Waals surface area contributed by atoms with E-state index in [4.69, 9.17) is 15.2 Å². The summed E-state index contributed by atoms with van der Waals surface area (Å²) in [5.41, 5.74) is 6.30. The second-order valence-corrected chi connectivity index (χ2v) is 3.80. The lowest BCUT2D eigenvalue weighted by Crippen LogP contribution is -2.34. The van der Waals surface area contributed by atoms with Crippen molar-refractivity contribution in [3.05, 3.63) is 18.2 Å². The third kappa shape index (κ3) is 4.96. The summed E-state index contributed by atoms with van der Waals surface area (Å²) in [7, 11) is 1.57. The molecule has 0 radical (unpaired) electrons. The number of nitrogens with two attached hydrogens (primary N) is 1. The normalized spacial score (nSPS) is 11.2. The van der Waals surface area contributed by atoms with Crippen LogP contribution < -0.4 is 20.5 Å². The molecule has 6 heteroatoms. The van der Waals surface area contributed by atoms with E-state index in [1.54, 1.807) is 25.3 Å². The van der Waals surface area contributed by atoms with Gasteiger partial charge in [0.05, 0.1) is 19.8 Å². The molecule has 0 bridgehead atoms. The van der Waals surface area contributed by atoms with Gasteiger partial charge in [0, 0.05) is 11.8 Å². The summed E-state index contributed by atoms with van der Waals surface area (Å²) in [6, 6.07) is 4.73. The van der Waals surface area contributed by atoms with Gasteiger partial charge in [-0.3, -0.25) is 4.79 Å². The lowest BCUT2D eigenvalue weighted by atomic mass is 10.2. The van der Waals surface area contributed by atoms with Gasteiger partial charge in [0.15, 0.2) is 11.5 Å². The highest BCUT2D eigenvalue weighted by Crippen LogP contribution is 2.30. The van der Waals surface area contributed by atoms with Gasteiger partial charge >= 0.3 is 0 Å². The fourth-order valence-electron chi connectivity index (χ4n) is 1.44. The first-order valence-electron chi connectivity index (χ1n) is 5.99. The van der Waals surface area contributed by atoms with Gasteiger partial charge in [-0.25, -0.2) is 0 Å². The predicted molar refractivity (Wildman–Crippen MR) is 78.3 cm³/mol. The Morgan fingerprint density at radius 3 is 2.58 bits per heavy atom. The van der Waals surface area contributed by atoms with Crippen LogP contribution in [0.25, 0.3) is 0 Å². The Morgan fingerprint density at radius 2 is 2.05 bits per heavy atom. The molecule has 0 aromatic heterocycles. The fourth-order valence-corrected chi connectivity index (χ4v) is 1.44. The third-order valence-electron chi connectivity index (χ3n) is 2.51. The smallest absolute Gasteiger partial charge is 0.241 e. The Hall–Kier alpha value is -1.46. The summed E-state index contributed by atoms with van der Waals surface area (Å²) in [5.74, 6) is 1.03. The molecule has 0 aliphatic heterocycles. The van der Waals surface area contributed by atoms with Crippen LogP contribution in [0, 0.1) is 0 Å². The van der Waals surface area contributed by atoms with Crippen molar-refractivity contribution in [2.75, 3.05) is 19.0 Å². The van der Waals surface area contributed by atoms with Crippen LogP contribution >= 0.6 is 12.4 Å². The Morgan fingerprint density at radius 1 is 1.37 bits per heavy atom. The van der Waals surface area contributed by atoms with Crippen LogP contribution in [0.3, 0.4) is 0 Å². The van der Waals surface area contributed by atoms with Crippen molar-refractivity contribution >= 4 is 24.0 Å². The molecule has 1 amide bonds. The van der Waals surface area contributed by atoms with Gasteiger partial charge in [-0.15, -0.1) is 12.4 Å². The second kappa shape index (κ2) is 8.61. The molecule has 19 heavy (non-hydrogen) atoms. The molecule has 5 nitrogen and oxygen atoms in total. The summed E-state index contributed by atoms with van der Waals surface area (Å²) >= 11 is 0. The van der Waals surface area contributed by atoms with Crippen LogP contribution in [-0.2, 0) is 4.79 Å². The molecule has 1 aromatic rings. The molecule has 1 aromatic carbocycles. The first-order chi connectivity index (χ1) is 8.62. The summed E-state index contributed by atoms with van der Waals surface area (Å²) < 4.78 is 10.6. The van der Waals surface area contributed by atoms with Crippen molar-refractivity contribution in [1.82, 2.24) is 0 Å². The Balaban J connectivity index is 0.00000324. The van der Waals surface area contributed by atoms with Crippen LogP contribution in [-0.4, -0.2) is 25.7 Å². The number of benzene rings is 1. The van der Waals surface area contributed by atoms with Gasteiger partial charge < -0.3 is 20.5 Å². The molecule has 0 aliphatic carbocycles. The molecule has 0 heterocycles. The number of anilines is 1. The fraction of sp³-hybridized carbons (Fsp3) is 0.462.